The Hall–Kier alpha value is -2.73. The van der Waals surface area contributed by atoms with Gasteiger partial charge in [-0.2, -0.15) is 0 Å². The summed E-state index contributed by atoms with van der Waals surface area (Å²) in [6.45, 7) is 4.31. The molecule has 0 aromatic heterocycles. The maximum atomic E-state index is 13.2. The first-order valence-corrected chi connectivity index (χ1v) is 13.7. The van der Waals surface area contributed by atoms with E-state index < -0.39 is 0 Å². The van der Waals surface area contributed by atoms with Gasteiger partial charge in [0.2, 0.25) is 0 Å². The summed E-state index contributed by atoms with van der Waals surface area (Å²) >= 11 is 12.3. The summed E-state index contributed by atoms with van der Waals surface area (Å²) in [7, 11) is 1.62. The molecule has 0 unspecified atom stereocenters. The van der Waals surface area contributed by atoms with Crippen molar-refractivity contribution < 1.29 is 9.53 Å². The molecule has 196 valence electrons. The van der Waals surface area contributed by atoms with Crippen LogP contribution in [0.25, 0.3) is 0 Å². The minimum atomic E-state index is -0.141. The van der Waals surface area contributed by atoms with Gasteiger partial charge in [0.05, 0.1) is 17.2 Å². The highest BCUT2D eigenvalue weighted by molar-refractivity contribution is 6.42. The van der Waals surface area contributed by atoms with Crippen LogP contribution in [0.3, 0.4) is 0 Å². The van der Waals surface area contributed by atoms with Crippen molar-refractivity contribution in [3.8, 4) is 5.75 Å². The van der Waals surface area contributed by atoms with Gasteiger partial charge in [-0.3, -0.25) is 0 Å². The highest BCUT2D eigenvalue weighted by atomic mass is 35.5. The summed E-state index contributed by atoms with van der Waals surface area (Å²) in [5.41, 5.74) is 3.10. The summed E-state index contributed by atoms with van der Waals surface area (Å²) in [6.07, 6.45) is 4.51. The molecule has 3 aromatic rings. The summed E-state index contributed by atoms with van der Waals surface area (Å²) < 4.78 is 5.22. The number of hydrogen-bond donors (Lipinski definition) is 1. The molecule has 0 atom stereocenters. The number of hydrogen-bond acceptors (Lipinski definition) is 3. The first-order valence-electron chi connectivity index (χ1n) is 12.9. The average Bonchev–Trinajstić information content (AvgIpc) is 2.92. The van der Waals surface area contributed by atoms with Crippen LogP contribution in [0.15, 0.2) is 72.8 Å². The molecule has 0 aliphatic carbocycles. The molecule has 0 spiro atoms. The van der Waals surface area contributed by atoms with Gasteiger partial charge < -0.3 is 19.9 Å². The molecule has 0 bridgehead atoms. The minimum Gasteiger partial charge on any atom is -0.497 e. The predicted octanol–water partition coefficient (Wildman–Crippen LogP) is 7.38. The van der Waals surface area contributed by atoms with Gasteiger partial charge in [0.25, 0.3) is 0 Å². The molecule has 1 saturated heterocycles. The van der Waals surface area contributed by atoms with Crippen LogP contribution in [0, 0.1) is 5.92 Å². The standard InChI is InChI=1S/C30H35Cl2N3O2/c1-37-27-11-9-26(10-12-27)33-30(36)35(22-25-8-13-28(31)29(32)21-25)17-5-16-34-18-14-24(15-19-34)20-23-6-3-2-4-7-23/h2-4,6-13,21,24H,5,14-20,22H2,1H3,(H,33,36). The van der Waals surface area contributed by atoms with E-state index >= 15 is 0 Å². The molecule has 37 heavy (non-hydrogen) atoms. The van der Waals surface area contributed by atoms with E-state index in [4.69, 9.17) is 27.9 Å². The van der Waals surface area contributed by atoms with Crippen molar-refractivity contribution in [2.75, 3.05) is 38.6 Å². The third kappa shape index (κ3) is 8.39. The van der Waals surface area contributed by atoms with Crippen LogP contribution >= 0.6 is 23.2 Å². The van der Waals surface area contributed by atoms with E-state index in [1.807, 2.05) is 41.3 Å². The van der Waals surface area contributed by atoms with Crippen LogP contribution in [0.5, 0.6) is 5.75 Å². The van der Waals surface area contributed by atoms with Gasteiger partial charge in [-0.1, -0.05) is 59.6 Å². The Morgan fingerprint density at radius 1 is 0.973 bits per heavy atom. The number of likely N-dealkylation sites (tertiary alicyclic amines) is 1. The number of nitrogens with zero attached hydrogens (tertiary/aromatic N) is 2. The lowest BCUT2D eigenvalue weighted by Gasteiger charge is -2.32. The zero-order valence-corrected chi connectivity index (χ0v) is 22.8. The number of benzene rings is 3. The number of piperidine rings is 1. The Morgan fingerprint density at radius 3 is 2.38 bits per heavy atom. The number of halogens is 2. The van der Waals surface area contributed by atoms with Crippen molar-refractivity contribution in [1.82, 2.24) is 9.80 Å². The molecule has 1 fully saturated rings. The number of methoxy groups -OCH3 is 1. The maximum Gasteiger partial charge on any atom is 0.322 e. The molecule has 5 nitrogen and oxygen atoms in total. The smallest absolute Gasteiger partial charge is 0.322 e. The number of amides is 2. The number of carbonyl (C=O) groups excluding carboxylic acids is 1. The highest BCUT2D eigenvalue weighted by Gasteiger charge is 2.20. The number of carbonyl (C=O) groups is 1. The largest absolute Gasteiger partial charge is 0.497 e. The quantitative estimate of drug-likeness (QED) is 0.292. The summed E-state index contributed by atoms with van der Waals surface area (Å²) in [4.78, 5) is 17.6. The highest BCUT2D eigenvalue weighted by Crippen LogP contribution is 2.24. The van der Waals surface area contributed by atoms with Gasteiger partial charge in [-0.25, -0.2) is 4.79 Å². The van der Waals surface area contributed by atoms with E-state index in [0.29, 0.717) is 23.1 Å². The van der Waals surface area contributed by atoms with E-state index in [2.05, 4.69) is 40.5 Å². The monoisotopic (exact) mass is 539 g/mol. The normalized spacial score (nSPS) is 14.4. The van der Waals surface area contributed by atoms with Crippen LogP contribution in [-0.2, 0) is 13.0 Å². The fraction of sp³-hybridized carbons (Fsp3) is 0.367. The third-order valence-electron chi connectivity index (χ3n) is 6.96. The van der Waals surface area contributed by atoms with Gasteiger partial charge in [0.1, 0.15) is 5.75 Å². The Balaban J connectivity index is 1.31. The number of urea groups is 1. The first-order chi connectivity index (χ1) is 18.0. The molecule has 0 saturated carbocycles. The summed E-state index contributed by atoms with van der Waals surface area (Å²) in [5, 5.41) is 4.02. The molecule has 2 amide bonds. The summed E-state index contributed by atoms with van der Waals surface area (Å²) in [5.74, 6) is 1.50. The maximum absolute atomic E-state index is 13.2. The third-order valence-corrected chi connectivity index (χ3v) is 7.70. The Kier molecular flexibility index (Phi) is 10.1. The number of ether oxygens (including phenoxy) is 1. The average molecular weight is 541 g/mol. The van der Waals surface area contributed by atoms with Crippen molar-refractivity contribution in [3.63, 3.8) is 0 Å². The Morgan fingerprint density at radius 2 is 1.70 bits per heavy atom. The predicted molar refractivity (Wildman–Crippen MR) is 153 cm³/mol. The SMILES string of the molecule is COc1ccc(NC(=O)N(CCCN2CCC(Cc3ccccc3)CC2)Cc2ccc(Cl)c(Cl)c2)cc1. The van der Waals surface area contributed by atoms with Crippen molar-refractivity contribution in [2.45, 2.75) is 32.2 Å². The fourth-order valence-electron chi connectivity index (χ4n) is 4.83. The van der Waals surface area contributed by atoms with Crippen LogP contribution < -0.4 is 10.1 Å². The second-order valence-electron chi connectivity index (χ2n) is 9.66. The zero-order chi connectivity index (χ0) is 26.0. The topological polar surface area (TPSA) is 44.8 Å². The second-order valence-corrected chi connectivity index (χ2v) is 10.5. The van der Waals surface area contributed by atoms with Crippen molar-refractivity contribution in [1.29, 1.82) is 0 Å². The molecule has 7 heteroatoms. The van der Waals surface area contributed by atoms with Crippen LogP contribution in [0.2, 0.25) is 10.0 Å². The molecule has 1 N–H and O–H groups in total. The van der Waals surface area contributed by atoms with E-state index in [1.165, 1.54) is 18.4 Å². The molecule has 1 heterocycles. The van der Waals surface area contributed by atoms with E-state index in [1.54, 1.807) is 13.2 Å². The Labute approximate surface area is 230 Å². The van der Waals surface area contributed by atoms with E-state index in [-0.39, 0.29) is 6.03 Å². The first kappa shape index (κ1) is 27.3. The lowest BCUT2D eigenvalue weighted by molar-refractivity contribution is 0.170. The Bertz CT molecular complexity index is 1130. The minimum absolute atomic E-state index is 0.141. The van der Waals surface area contributed by atoms with Crippen LogP contribution in [0.4, 0.5) is 10.5 Å². The molecule has 0 radical (unpaired) electrons. The molecular weight excluding hydrogens is 505 g/mol. The summed E-state index contributed by atoms with van der Waals surface area (Å²) in [6, 6.07) is 23.5. The fourth-order valence-corrected chi connectivity index (χ4v) is 5.16. The van der Waals surface area contributed by atoms with Gasteiger partial charge in [-0.05, 0) is 98.8 Å². The van der Waals surface area contributed by atoms with Gasteiger partial charge in [0.15, 0.2) is 0 Å². The molecule has 1 aliphatic heterocycles. The van der Waals surface area contributed by atoms with Gasteiger partial charge in [-0.15, -0.1) is 0 Å². The van der Waals surface area contributed by atoms with Gasteiger partial charge >= 0.3 is 6.03 Å². The van der Waals surface area contributed by atoms with E-state index in [9.17, 15) is 4.79 Å². The van der Waals surface area contributed by atoms with Gasteiger partial charge in [0, 0.05) is 18.8 Å². The molecule has 4 rings (SSSR count). The van der Waals surface area contributed by atoms with Crippen molar-refractivity contribution >= 4 is 34.9 Å². The zero-order valence-electron chi connectivity index (χ0n) is 21.3. The van der Waals surface area contributed by atoms with Crippen molar-refractivity contribution in [3.05, 3.63) is 94.0 Å². The molecule has 1 aliphatic rings. The molecular formula is C30H35Cl2N3O2. The number of anilines is 1. The lowest BCUT2D eigenvalue weighted by atomic mass is 9.90. The van der Waals surface area contributed by atoms with Crippen molar-refractivity contribution in [2.24, 2.45) is 5.92 Å². The second kappa shape index (κ2) is 13.7. The van der Waals surface area contributed by atoms with E-state index in [0.717, 1.165) is 55.4 Å². The molecule has 3 aromatic carbocycles. The number of rotatable bonds is 10. The van der Waals surface area contributed by atoms with Crippen LogP contribution in [0.1, 0.15) is 30.4 Å². The lowest BCUT2D eigenvalue weighted by Crippen LogP contribution is -2.39. The van der Waals surface area contributed by atoms with Crippen LogP contribution in [-0.4, -0.2) is 49.1 Å². The number of nitrogens with one attached hydrogen (secondary N) is 1.